The fourth-order valence-electron chi connectivity index (χ4n) is 9.82. The third-order valence-corrected chi connectivity index (χ3v) is 12.0. The molecule has 0 bridgehead atoms. The number of carbonyl (C=O) groups excluding carboxylic acids is 1. The van der Waals surface area contributed by atoms with Crippen molar-refractivity contribution in [1.82, 2.24) is 0 Å². The van der Waals surface area contributed by atoms with E-state index in [0.29, 0.717) is 0 Å². The van der Waals surface area contributed by atoms with Crippen LogP contribution < -0.4 is 0 Å². The predicted octanol–water partition coefficient (Wildman–Crippen LogP) is 9.14. The molecule has 5 aliphatic rings. The molecule has 0 aromatic rings. The van der Waals surface area contributed by atoms with Crippen molar-refractivity contribution < 1.29 is 4.79 Å². The van der Waals surface area contributed by atoms with Crippen LogP contribution in [0.5, 0.6) is 0 Å². The molecule has 0 saturated heterocycles. The van der Waals surface area contributed by atoms with Crippen LogP contribution in [-0.4, -0.2) is 5.78 Å². The van der Waals surface area contributed by atoms with Crippen LogP contribution in [-0.2, 0) is 4.79 Å². The third-order valence-electron chi connectivity index (χ3n) is 12.0. The van der Waals surface area contributed by atoms with E-state index < -0.39 is 0 Å². The van der Waals surface area contributed by atoms with Gasteiger partial charge in [0.05, 0.1) is 0 Å². The second kappa shape index (κ2) is 9.73. The maximum Gasteiger partial charge on any atom is 0.145 e. The highest BCUT2D eigenvalue weighted by atomic mass is 16.1. The first-order chi connectivity index (χ1) is 15.6. The summed E-state index contributed by atoms with van der Waals surface area (Å²) in [6.07, 6.45) is 27.8. The van der Waals surface area contributed by atoms with Crippen molar-refractivity contribution >= 4 is 5.78 Å². The second-order valence-electron chi connectivity index (χ2n) is 13.5. The number of ketones is 1. The maximum atomic E-state index is 13.7. The van der Waals surface area contributed by atoms with E-state index in [2.05, 4.69) is 13.8 Å². The summed E-state index contributed by atoms with van der Waals surface area (Å²) in [4.78, 5) is 13.7. The zero-order valence-electron chi connectivity index (χ0n) is 21.5. The normalized spacial score (nSPS) is 47.5. The van der Waals surface area contributed by atoms with E-state index >= 15 is 0 Å². The molecule has 2 spiro atoms. The van der Waals surface area contributed by atoms with Crippen LogP contribution in [0.2, 0.25) is 0 Å². The van der Waals surface area contributed by atoms with Crippen LogP contribution >= 0.6 is 0 Å². The highest BCUT2D eigenvalue weighted by Gasteiger charge is 2.63. The van der Waals surface area contributed by atoms with Crippen molar-refractivity contribution in [3.05, 3.63) is 0 Å². The first-order valence-corrected chi connectivity index (χ1v) is 15.1. The van der Waals surface area contributed by atoms with Crippen LogP contribution in [0.25, 0.3) is 0 Å². The average molecular weight is 441 g/mol. The highest BCUT2D eigenvalue weighted by molar-refractivity contribution is 5.96. The van der Waals surface area contributed by atoms with Gasteiger partial charge < -0.3 is 0 Å². The monoisotopic (exact) mass is 440 g/mol. The summed E-state index contributed by atoms with van der Waals surface area (Å²) in [7, 11) is 0. The summed E-state index contributed by atoms with van der Waals surface area (Å²) < 4.78 is 0. The van der Waals surface area contributed by atoms with E-state index in [1.165, 1.54) is 128 Å². The van der Waals surface area contributed by atoms with Crippen molar-refractivity contribution in [3.8, 4) is 0 Å². The summed E-state index contributed by atoms with van der Waals surface area (Å²) in [5, 5.41) is 0. The Hall–Kier alpha value is -0.330. The van der Waals surface area contributed by atoms with Crippen molar-refractivity contribution in [2.24, 2.45) is 46.3 Å². The fraction of sp³-hybridized carbons (Fsp3) is 0.968. The Morgan fingerprint density at radius 3 is 1.38 bits per heavy atom. The predicted molar refractivity (Wildman–Crippen MR) is 135 cm³/mol. The molecule has 5 saturated carbocycles. The third kappa shape index (κ3) is 4.37. The molecule has 5 aliphatic carbocycles. The van der Waals surface area contributed by atoms with Gasteiger partial charge in [-0.05, 0) is 119 Å². The minimum absolute atomic E-state index is 0.141. The Morgan fingerprint density at radius 2 is 1.00 bits per heavy atom. The summed E-state index contributed by atoms with van der Waals surface area (Å²) >= 11 is 0. The lowest BCUT2D eigenvalue weighted by atomic mass is 9.42. The number of hydrogen-bond donors (Lipinski definition) is 0. The fourth-order valence-corrected chi connectivity index (χ4v) is 9.82. The summed E-state index contributed by atoms with van der Waals surface area (Å²) in [5.74, 6) is 6.66. The Balaban J connectivity index is 1.07. The summed E-state index contributed by atoms with van der Waals surface area (Å²) in [6.45, 7) is 4.72. The van der Waals surface area contributed by atoms with Gasteiger partial charge in [0.25, 0.3) is 0 Å². The van der Waals surface area contributed by atoms with E-state index in [0.717, 1.165) is 41.3 Å². The molecule has 0 radical (unpaired) electrons. The largest absolute Gasteiger partial charge is 0.298 e. The lowest BCUT2D eigenvalue weighted by molar-refractivity contribution is -0.170. The van der Waals surface area contributed by atoms with Gasteiger partial charge in [0, 0.05) is 10.8 Å². The lowest BCUT2D eigenvalue weighted by Crippen LogP contribution is -2.60. The van der Waals surface area contributed by atoms with Gasteiger partial charge in [0.2, 0.25) is 0 Å². The molecular weight excluding hydrogens is 388 g/mol. The van der Waals surface area contributed by atoms with Crippen LogP contribution in [0.3, 0.4) is 0 Å². The number of carbonyl (C=O) groups is 1. The van der Waals surface area contributed by atoms with Gasteiger partial charge in [-0.1, -0.05) is 58.8 Å². The molecule has 0 aromatic heterocycles. The molecule has 0 amide bonds. The Morgan fingerprint density at radius 1 is 0.594 bits per heavy atom. The molecule has 0 heterocycles. The minimum atomic E-state index is 0.141. The molecule has 5 rings (SSSR count). The minimum Gasteiger partial charge on any atom is -0.298 e. The molecule has 1 nitrogen and oxygen atoms in total. The topological polar surface area (TPSA) is 17.1 Å². The summed E-state index contributed by atoms with van der Waals surface area (Å²) in [6, 6.07) is 0. The molecular formula is C31H52O. The van der Waals surface area contributed by atoms with E-state index in [1.807, 2.05) is 0 Å². The van der Waals surface area contributed by atoms with Crippen molar-refractivity contribution in [3.63, 3.8) is 0 Å². The van der Waals surface area contributed by atoms with E-state index in [9.17, 15) is 4.79 Å². The van der Waals surface area contributed by atoms with E-state index in [1.54, 1.807) is 0 Å². The Bertz CT molecular complexity index is 617. The number of Topliss-reactive ketones (excluding diaryl/α,β-unsaturated/α-hetero) is 1. The van der Waals surface area contributed by atoms with Crippen LogP contribution in [0.1, 0.15) is 142 Å². The molecule has 0 N–H and O–H groups in total. The van der Waals surface area contributed by atoms with Gasteiger partial charge in [-0.2, -0.15) is 0 Å². The highest BCUT2D eigenvalue weighted by Crippen LogP contribution is 2.65. The lowest BCUT2D eigenvalue weighted by Gasteiger charge is -2.60. The van der Waals surface area contributed by atoms with Gasteiger partial charge in [0.1, 0.15) is 5.78 Å². The van der Waals surface area contributed by atoms with Crippen LogP contribution in [0.4, 0.5) is 0 Å². The Kier molecular flexibility index (Phi) is 7.12. The zero-order chi connectivity index (χ0) is 22.2. The van der Waals surface area contributed by atoms with Gasteiger partial charge in [0.15, 0.2) is 0 Å². The quantitative estimate of drug-likeness (QED) is 0.416. The van der Waals surface area contributed by atoms with Gasteiger partial charge >= 0.3 is 0 Å². The van der Waals surface area contributed by atoms with E-state index in [4.69, 9.17) is 0 Å². The molecule has 32 heavy (non-hydrogen) atoms. The molecule has 0 unspecified atom stereocenters. The van der Waals surface area contributed by atoms with Gasteiger partial charge in [-0.15, -0.1) is 0 Å². The first-order valence-electron chi connectivity index (χ1n) is 15.1. The SMILES string of the molecule is CCCC1CCC([C@H]2CC[C@]3(CC2)C[C@@]2(CCC(C4CCC(CC)CC4)CC2)C3=O)CC1. The van der Waals surface area contributed by atoms with Gasteiger partial charge in [-0.3, -0.25) is 4.79 Å². The van der Waals surface area contributed by atoms with Gasteiger partial charge in [-0.25, -0.2) is 0 Å². The van der Waals surface area contributed by atoms with Crippen molar-refractivity contribution in [2.45, 2.75) is 142 Å². The molecule has 0 aromatic carbocycles. The second-order valence-corrected chi connectivity index (χ2v) is 13.5. The van der Waals surface area contributed by atoms with Crippen LogP contribution in [0, 0.1) is 46.3 Å². The molecule has 0 atom stereocenters. The average Bonchev–Trinajstić information content (AvgIpc) is 2.85. The summed E-state index contributed by atoms with van der Waals surface area (Å²) in [5.41, 5.74) is 0.282. The smallest absolute Gasteiger partial charge is 0.145 e. The molecule has 182 valence electrons. The first kappa shape index (κ1) is 23.4. The standard InChI is InChI=1S/C31H52O/c1-3-5-24-8-12-26(13-9-24)28-16-20-31(21-17-28)22-30(29(31)32)18-14-27(15-19-30)25-10-6-23(4-2)7-11-25/h23-28H,3-22H2,1-2H3/t23?,24?,25?,26?,27?,28-,30-,31-. The maximum absolute atomic E-state index is 13.7. The molecule has 5 fully saturated rings. The Labute approximate surface area is 199 Å². The van der Waals surface area contributed by atoms with Crippen molar-refractivity contribution in [2.75, 3.05) is 0 Å². The van der Waals surface area contributed by atoms with Crippen LogP contribution in [0.15, 0.2) is 0 Å². The number of hydrogen-bond acceptors (Lipinski definition) is 1. The molecule has 1 heteroatoms. The number of rotatable bonds is 5. The van der Waals surface area contributed by atoms with E-state index in [-0.39, 0.29) is 10.8 Å². The molecule has 0 aliphatic heterocycles. The van der Waals surface area contributed by atoms with Crippen molar-refractivity contribution in [1.29, 1.82) is 0 Å². The zero-order valence-corrected chi connectivity index (χ0v) is 21.5.